The van der Waals surface area contributed by atoms with Crippen LogP contribution in [-0.4, -0.2) is 9.97 Å². The summed E-state index contributed by atoms with van der Waals surface area (Å²) in [6.45, 7) is 4.04. The van der Waals surface area contributed by atoms with E-state index in [0.717, 1.165) is 16.3 Å². The molecule has 0 aliphatic rings. The Morgan fingerprint density at radius 1 is 1.24 bits per heavy atom. The molecule has 0 amide bonds. The third-order valence-electron chi connectivity index (χ3n) is 2.43. The molecule has 0 bridgehead atoms. The minimum Gasteiger partial charge on any atom is -0.230 e. The van der Waals surface area contributed by atoms with Crippen LogP contribution in [0.2, 0.25) is 5.15 Å². The van der Waals surface area contributed by atoms with Crippen molar-refractivity contribution in [2.75, 3.05) is 0 Å². The second kappa shape index (κ2) is 5.52. The number of benzene rings is 1. The molecule has 1 aromatic carbocycles. The zero-order chi connectivity index (χ0) is 12.3. The molecule has 2 rings (SSSR count). The van der Waals surface area contributed by atoms with Crippen LogP contribution in [0.15, 0.2) is 35.6 Å². The van der Waals surface area contributed by atoms with Crippen LogP contribution in [0.4, 0.5) is 0 Å². The third-order valence-corrected chi connectivity index (χ3v) is 3.98. The first-order valence-corrected chi connectivity index (χ1v) is 6.68. The van der Waals surface area contributed by atoms with Crippen molar-refractivity contribution in [1.82, 2.24) is 9.97 Å². The quantitative estimate of drug-likeness (QED) is 0.618. The maximum atomic E-state index is 5.96. The standard InChI is InChI=1S/C13H13ClN2S/c1-9-4-3-5-11(6-9)7-17-13-10(2)12(14)15-8-16-13/h3-6,8H,7H2,1-2H3. The van der Waals surface area contributed by atoms with Gasteiger partial charge in [0.05, 0.1) is 0 Å². The SMILES string of the molecule is Cc1cccc(CSc2ncnc(Cl)c2C)c1. The van der Waals surface area contributed by atoms with Crippen LogP contribution in [-0.2, 0) is 5.75 Å². The number of nitrogens with zero attached hydrogens (tertiary/aromatic N) is 2. The van der Waals surface area contributed by atoms with E-state index < -0.39 is 0 Å². The molecule has 0 fully saturated rings. The Kier molecular flexibility index (Phi) is 4.02. The first kappa shape index (κ1) is 12.4. The van der Waals surface area contributed by atoms with E-state index in [4.69, 9.17) is 11.6 Å². The van der Waals surface area contributed by atoms with Crippen LogP contribution in [0, 0.1) is 13.8 Å². The van der Waals surface area contributed by atoms with Crippen LogP contribution in [0.5, 0.6) is 0 Å². The number of rotatable bonds is 3. The number of hydrogen-bond acceptors (Lipinski definition) is 3. The minimum atomic E-state index is 0.534. The van der Waals surface area contributed by atoms with E-state index in [-0.39, 0.29) is 0 Å². The fourth-order valence-corrected chi connectivity index (χ4v) is 2.62. The lowest BCUT2D eigenvalue weighted by atomic mass is 10.2. The topological polar surface area (TPSA) is 25.8 Å². The van der Waals surface area contributed by atoms with Crippen molar-refractivity contribution in [3.05, 3.63) is 52.4 Å². The van der Waals surface area contributed by atoms with Crippen molar-refractivity contribution >= 4 is 23.4 Å². The first-order chi connectivity index (χ1) is 8.16. The van der Waals surface area contributed by atoms with Crippen LogP contribution >= 0.6 is 23.4 Å². The molecule has 88 valence electrons. The van der Waals surface area contributed by atoms with Gasteiger partial charge in [-0.15, -0.1) is 11.8 Å². The van der Waals surface area contributed by atoms with Gasteiger partial charge >= 0.3 is 0 Å². The highest BCUT2D eigenvalue weighted by molar-refractivity contribution is 7.98. The summed E-state index contributed by atoms with van der Waals surface area (Å²) < 4.78 is 0. The predicted octanol–water partition coefficient (Wildman–Crippen LogP) is 4.04. The Bertz CT molecular complexity index is 529. The zero-order valence-electron chi connectivity index (χ0n) is 9.77. The number of aromatic nitrogens is 2. The third kappa shape index (κ3) is 3.20. The highest BCUT2D eigenvalue weighted by Gasteiger charge is 2.05. The van der Waals surface area contributed by atoms with E-state index >= 15 is 0 Å². The average Bonchev–Trinajstić information content (AvgIpc) is 2.31. The Balaban J connectivity index is 2.10. The van der Waals surface area contributed by atoms with Gasteiger partial charge in [-0.2, -0.15) is 0 Å². The van der Waals surface area contributed by atoms with Crippen LogP contribution in [0.25, 0.3) is 0 Å². The molecule has 0 aliphatic heterocycles. The Morgan fingerprint density at radius 2 is 2.06 bits per heavy atom. The van der Waals surface area contributed by atoms with E-state index in [1.54, 1.807) is 11.8 Å². The fourth-order valence-electron chi connectivity index (χ4n) is 1.51. The second-order valence-corrected chi connectivity index (χ2v) is 5.19. The average molecular weight is 265 g/mol. The molecule has 4 heteroatoms. The highest BCUT2D eigenvalue weighted by atomic mass is 35.5. The Morgan fingerprint density at radius 3 is 2.82 bits per heavy atom. The van der Waals surface area contributed by atoms with Gasteiger partial charge in [0, 0.05) is 11.3 Å². The maximum absolute atomic E-state index is 5.96. The molecular formula is C13H13ClN2S. The first-order valence-electron chi connectivity index (χ1n) is 5.32. The van der Waals surface area contributed by atoms with Gasteiger partial charge in [0.2, 0.25) is 0 Å². The van der Waals surface area contributed by atoms with Crippen molar-refractivity contribution in [3.63, 3.8) is 0 Å². The van der Waals surface area contributed by atoms with Crippen LogP contribution < -0.4 is 0 Å². The Labute approximate surface area is 110 Å². The molecule has 0 saturated carbocycles. The summed E-state index contributed by atoms with van der Waals surface area (Å²) in [7, 11) is 0. The summed E-state index contributed by atoms with van der Waals surface area (Å²) >= 11 is 7.64. The monoisotopic (exact) mass is 264 g/mol. The summed E-state index contributed by atoms with van der Waals surface area (Å²) in [6, 6.07) is 8.48. The van der Waals surface area contributed by atoms with Gasteiger partial charge in [0.15, 0.2) is 0 Å². The largest absolute Gasteiger partial charge is 0.230 e. The predicted molar refractivity (Wildman–Crippen MR) is 72.5 cm³/mol. The molecule has 0 atom stereocenters. The molecule has 0 saturated heterocycles. The lowest BCUT2D eigenvalue weighted by Crippen LogP contribution is -1.90. The zero-order valence-corrected chi connectivity index (χ0v) is 11.3. The van der Waals surface area contributed by atoms with Crippen LogP contribution in [0.3, 0.4) is 0 Å². The highest BCUT2D eigenvalue weighted by Crippen LogP contribution is 2.26. The molecule has 1 heterocycles. The van der Waals surface area contributed by atoms with E-state index in [0.29, 0.717) is 5.15 Å². The summed E-state index contributed by atoms with van der Waals surface area (Å²) in [5.74, 6) is 0.899. The summed E-state index contributed by atoms with van der Waals surface area (Å²) in [5, 5.41) is 1.48. The van der Waals surface area contributed by atoms with Crippen molar-refractivity contribution in [3.8, 4) is 0 Å². The molecule has 0 aliphatic carbocycles. The number of thioether (sulfide) groups is 1. The second-order valence-electron chi connectivity index (χ2n) is 3.87. The molecule has 0 radical (unpaired) electrons. The van der Waals surface area contributed by atoms with E-state index in [2.05, 4.69) is 41.2 Å². The van der Waals surface area contributed by atoms with Crippen molar-refractivity contribution in [2.24, 2.45) is 0 Å². The molecule has 0 unspecified atom stereocenters. The van der Waals surface area contributed by atoms with Crippen molar-refractivity contribution in [2.45, 2.75) is 24.6 Å². The van der Waals surface area contributed by atoms with Gasteiger partial charge in [0.25, 0.3) is 0 Å². The van der Waals surface area contributed by atoms with E-state index in [1.165, 1.54) is 17.5 Å². The normalized spacial score (nSPS) is 10.5. The molecule has 0 N–H and O–H groups in total. The number of halogens is 1. The maximum Gasteiger partial charge on any atom is 0.136 e. The molecule has 2 aromatic rings. The molecular weight excluding hydrogens is 252 g/mol. The van der Waals surface area contributed by atoms with E-state index in [9.17, 15) is 0 Å². The van der Waals surface area contributed by atoms with Gasteiger partial charge in [-0.05, 0) is 19.4 Å². The smallest absolute Gasteiger partial charge is 0.136 e. The van der Waals surface area contributed by atoms with Gasteiger partial charge < -0.3 is 0 Å². The number of aryl methyl sites for hydroxylation is 1. The minimum absolute atomic E-state index is 0.534. The van der Waals surface area contributed by atoms with Crippen molar-refractivity contribution < 1.29 is 0 Å². The molecule has 17 heavy (non-hydrogen) atoms. The van der Waals surface area contributed by atoms with Gasteiger partial charge in [-0.1, -0.05) is 41.4 Å². The van der Waals surface area contributed by atoms with Gasteiger partial charge in [-0.3, -0.25) is 0 Å². The lowest BCUT2D eigenvalue weighted by molar-refractivity contribution is 1.00. The van der Waals surface area contributed by atoms with Gasteiger partial charge in [0.1, 0.15) is 16.5 Å². The van der Waals surface area contributed by atoms with Gasteiger partial charge in [-0.25, -0.2) is 9.97 Å². The van der Waals surface area contributed by atoms with Crippen molar-refractivity contribution in [1.29, 1.82) is 0 Å². The molecule has 0 spiro atoms. The summed E-state index contributed by atoms with van der Waals surface area (Å²) in [6.07, 6.45) is 1.51. The van der Waals surface area contributed by atoms with E-state index in [1.807, 2.05) is 6.92 Å². The summed E-state index contributed by atoms with van der Waals surface area (Å²) in [4.78, 5) is 8.19. The summed E-state index contributed by atoms with van der Waals surface area (Å²) in [5.41, 5.74) is 3.52. The molecule has 2 nitrogen and oxygen atoms in total. The fraction of sp³-hybridized carbons (Fsp3) is 0.231. The molecule has 1 aromatic heterocycles. The lowest BCUT2D eigenvalue weighted by Gasteiger charge is -2.05. The number of hydrogen-bond donors (Lipinski definition) is 0. The van der Waals surface area contributed by atoms with Crippen LogP contribution in [0.1, 0.15) is 16.7 Å². The Hall–Kier alpha value is -1.06.